The Morgan fingerprint density at radius 1 is 1.17 bits per heavy atom. The van der Waals surface area contributed by atoms with Crippen molar-refractivity contribution in [2.24, 2.45) is 0 Å². The molecule has 1 aromatic rings. The zero-order valence-corrected chi connectivity index (χ0v) is 10.3. The Balaban J connectivity index is 2.78. The van der Waals surface area contributed by atoms with E-state index in [1.54, 1.807) is 0 Å². The number of nitrogens with one attached hydrogen (secondary N) is 1. The first-order valence-electron chi connectivity index (χ1n) is 4.67. The maximum Gasteiger partial charge on any atom is 0.335 e. The molecule has 18 heavy (non-hydrogen) atoms. The minimum Gasteiger partial charge on any atom is -0.479 e. The number of carboxylic acid groups (broad SMARTS) is 1. The average molecular weight is 294 g/mol. The molecule has 0 aliphatic rings. The lowest BCUT2D eigenvalue weighted by Gasteiger charge is -2.14. The molecule has 1 aromatic carbocycles. The van der Waals surface area contributed by atoms with Crippen LogP contribution in [0.3, 0.4) is 0 Å². The van der Waals surface area contributed by atoms with E-state index in [2.05, 4.69) is 5.32 Å². The molecule has 0 aliphatic carbocycles. The molecular formula is C10H9Cl2NO5. The third kappa shape index (κ3) is 3.58. The van der Waals surface area contributed by atoms with Crippen LogP contribution in [0, 0.1) is 0 Å². The molecule has 4 N–H and O–H groups in total. The van der Waals surface area contributed by atoms with Crippen molar-refractivity contribution in [3.63, 3.8) is 0 Å². The molecule has 0 saturated heterocycles. The maximum absolute atomic E-state index is 11.4. The number of carbonyl (C=O) groups excluding carboxylic acids is 1. The molecule has 0 saturated carbocycles. The molecule has 0 bridgehead atoms. The quantitative estimate of drug-likeness (QED) is 0.655. The van der Waals surface area contributed by atoms with E-state index in [4.69, 9.17) is 33.4 Å². The van der Waals surface area contributed by atoms with Gasteiger partial charge in [-0.05, 0) is 18.2 Å². The van der Waals surface area contributed by atoms with Crippen molar-refractivity contribution in [2.75, 3.05) is 5.32 Å². The van der Waals surface area contributed by atoms with Gasteiger partial charge in [-0.2, -0.15) is 0 Å². The van der Waals surface area contributed by atoms with Crippen molar-refractivity contribution in [3.05, 3.63) is 28.2 Å². The number of aliphatic hydroxyl groups excluding tert-OH is 2. The number of benzene rings is 1. The first-order valence-corrected chi connectivity index (χ1v) is 5.43. The third-order valence-electron chi connectivity index (χ3n) is 2.01. The van der Waals surface area contributed by atoms with Gasteiger partial charge in [-0.3, -0.25) is 4.79 Å². The second-order valence-corrected chi connectivity index (χ2v) is 4.18. The number of amides is 1. The number of rotatable bonds is 4. The second-order valence-electron chi connectivity index (χ2n) is 3.34. The van der Waals surface area contributed by atoms with Gasteiger partial charge >= 0.3 is 5.97 Å². The van der Waals surface area contributed by atoms with E-state index in [9.17, 15) is 14.7 Å². The highest BCUT2D eigenvalue weighted by molar-refractivity contribution is 6.36. The average Bonchev–Trinajstić information content (AvgIpc) is 2.30. The van der Waals surface area contributed by atoms with Crippen LogP contribution in [0.1, 0.15) is 0 Å². The zero-order chi connectivity index (χ0) is 13.9. The molecule has 1 amide bonds. The van der Waals surface area contributed by atoms with Crippen LogP contribution < -0.4 is 5.32 Å². The Morgan fingerprint density at radius 2 is 1.78 bits per heavy atom. The highest BCUT2D eigenvalue weighted by Crippen LogP contribution is 2.25. The molecule has 98 valence electrons. The summed E-state index contributed by atoms with van der Waals surface area (Å²) < 4.78 is 0. The number of hydrogen-bond acceptors (Lipinski definition) is 4. The molecular weight excluding hydrogens is 285 g/mol. The largest absolute Gasteiger partial charge is 0.479 e. The fourth-order valence-corrected chi connectivity index (χ4v) is 1.53. The predicted molar refractivity (Wildman–Crippen MR) is 64.7 cm³/mol. The fourth-order valence-electron chi connectivity index (χ4n) is 1.08. The number of carboxylic acids is 1. The summed E-state index contributed by atoms with van der Waals surface area (Å²) in [6, 6.07) is 4.18. The molecule has 8 heteroatoms. The van der Waals surface area contributed by atoms with Crippen LogP contribution in [0.4, 0.5) is 5.69 Å². The first-order chi connectivity index (χ1) is 8.32. The zero-order valence-electron chi connectivity index (χ0n) is 8.80. The van der Waals surface area contributed by atoms with Gasteiger partial charge < -0.3 is 20.6 Å². The Kier molecular flexibility index (Phi) is 4.92. The van der Waals surface area contributed by atoms with Gasteiger partial charge in [0.05, 0.1) is 10.7 Å². The molecule has 0 aliphatic heterocycles. The molecule has 0 radical (unpaired) electrons. The highest BCUT2D eigenvalue weighted by atomic mass is 35.5. The van der Waals surface area contributed by atoms with Gasteiger partial charge in [0.15, 0.2) is 12.2 Å². The van der Waals surface area contributed by atoms with Crippen LogP contribution in [-0.2, 0) is 9.59 Å². The van der Waals surface area contributed by atoms with Crippen LogP contribution in [0.25, 0.3) is 0 Å². The van der Waals surface area contributed by atoms with E-state index in [1.807, 2.05) is 0 Å². The Labute approximate surface area is 112 Å². The molecule has 1 rings (SSSR count). The number of aliphatic carboxylic acids is 1. The summed E-state index contributed by atoms with van der Waals surface area (Å²) in [5.41, 5.74) is 0.141. The van der Waals surface area contributed by atoms with E-state index >= 15 is 0 Å². The fraction of sp³-hybridized carbons (Fsp3) is 0.200. The Morgan fingerprint density at radius 3 is 2.28 bits per heavy atom. The summed E-state index contributed by atoms with van der Waals surface area (Å²) in [5.74, 6) is -2.80. The van der Waals surface area contributed by atoms with E-state index in [-0.39, 0.29) is 10.7 Å². The lowest BCUT2D eigenvalue weighted by molar-refractivity contribution is -0.156. The van der Waals surface area contributed by atoms with Gasteiger partial charge in [0.1, 0.15) is 0 Å². The molecule has 0 fully saturated rings. The Hall–Kier alpha value is -1.34. The molecule has 6 nitrogen and oxygen atoms in total. The molecule has 0 aromatic heterocycles. The van der Waals surface area contributed by atoms with Gasteiger partial charge in [-0.15, -0.1) is 0 Å². The van der Waals surface area contributed by atoms with Crippen molar-refractivity contribution in [1.82, 2.24) is 0 Å². The summed E-state index contributed by atoms with van der Waals surface area (Å²) >= 11 is 11.4. The smallest absolute Gasteiger partial charge is 0.335 e. The van der Waals surface area contributed by atoms with Crippen LogP contribution >= 0.6 is 23.2 Å². The molecule has 2 atom stereocenters. The monoisotopic (exact) mass is 293 g/mol. The van der Waals surface area contributed by atoms with E-state index < -0.39 is 24.1 Å². The summed E-state index contributed by atoms with van der Waals surface area (Å²) in [6.07, 6.45) is -4.31. The van der Waals surface area contributed by atoms with E-state index in [0.717, 1.165) is 0 Å². The van der Waals surface area contributed by atoms with Gasteiger partial charge in [0.25, 0.3) is 5.91 Å². The number of anilines is 1. The van der Waals surface area contributed by atoms with E-state index in [1.165, 1.54) is 18.2 Å². The number of hydrogen-bond donors (Lipinski definition) is 4. The van der Waals surface area contributed by atoms with Crippen molar-refractivity contribution >= 4 is 40.8 Å². The highest BCUT2D eigenvalue weighted by Gasteiger charge is 2.30. The van der Waals surface area contributed by atoms with Crippen molar-refractivity contribution in [3.8, 4) is 0 Å². The number of halogens is 2. The van der Waals surface area contributed by atoms with Crippen LogP contribution in [0.15, 0.2) is 18.2 Å². The number of aliphatic hydroxyl groups is 2. The lowest BCUT2D eigenvalue weighted by Crippen LogP contribution is -2.42. The van der Waals surface area contributed by atoms with Crippen molar-refractivity contribution < 1.29 is 24.9 Å². The minimum absolute atomic E-state index is 0.118. The second kappa shape index (κ2) is 6.01. The van der Waals surface area contributed by atoms with Gasteiger partial charge in [-0.25, -0.2) is 4.79 Å². The van der Waals surface area contributed by atoms with Gasteiger partial charge in [0, 0.05) is 5.02 Å². The molecule has 0 unspecified atom stereocenters. The van der Waals surface area contributed by atoms with Crippen LogP contribution in [0.2, 0.25) is 10.0 Å². The summed E-state index contributed by atoms with van der Waals surface area (Å²) in [7, 11) is 0. The standard InChI is InChI=1S/C10H9Cl2NO5/c11-4-1-2-6(5(12)3-4)13-9(16)7(14)8(15)10(17)18/h1-3,7-8,14-15H,(H,13,16)(H,17,18)/t7-,8+/m0/s1. The predicted octanol–water partition coefficient (Wildman–Crippen LogP) is 0.738. The Bertz CT molecular complexity index is 479. The minimum atomic E-state index is -2.21. The van der Waals surface area contributed by atoms with Crippen molar-refractivity contribution in [2.45, 2.75) is 12.2 Å². The summed E-state index contributed by atoms with van der Waals surface area (Å²) in [6.45, 7) is 0. The first kappa shape index (κ1) is 14.7. The maximum atomic E-state index is 11.4. The third-order valence-corrected chi connectivity index (χ3v) is 2.56. The van der Waals surface area contributed by atoms with Gasteiger partial charge in [0.2, 0.25) is 0 Å². The SMILES string of the molecule is O=C(Nc1ccc(Cl)cc1Cl)[C@@H](O)[C@@H](O)C(=O)O. The van der Waals surface area contributed by atoms with Crippen LogP contribution in [-0.4, -0.2) is 39.4 Å². The number of carbonyl (C=O) groups is 2. The van der Waals surface area contributed by atoms with Gasteiger partial charge in [-0.1, -0.05) is 23.2 Å². The topological polar surface area (TPSA) is 107 Å². The summed E-state index contributed by atoms with van der Waals surface area (Å²) in [4.78, 5) is 21.8. The van der Waals surface area contributed by atoms with Crippen molar-refractivity contribution in [1.29, 1.82) is 0 Å². The van der Waals surface area contributed by atoms with Crippen LogP contribution in [0.5, 0.6) is 0 Å². The normalized spacial score (nSPS) is 13.8. The summed E-state index contributed by atoms with van der Waals surface area (Å²) in [5, 5.41) is 29.3. The molecule has 0 heterocycles. The van der Waals surface area contributed by atoms with E-state index in [0.29, 0.717) is 5.02 Å². The molecule has 0 spiro atoms. The lowest BCUT2D eigenvalue weighted by atomic mass is 10.2.